The zero-order valence-corrected chi connectivity index (χ0v) is 23.3. The molecule has 0 unspecified atom stereocenters. The Labute approximate surface area is 230 Å². The summed E-state index contributed by atoms with van der Waals surface area (Å²) in [5.74, 6) is -2.41. The number of ketones is 1. The number of aliphatic hydroxyl groups excluding tert-OH is 3. The Morgan fingerprint density at radius 1 is 0.923 bits per heavy atom. The molecular formula is C30H43NO8. The van der Waals surface area contributed by atoms with E-state index in [-0.39, 0.29) is 11.1 Å². The zero-order valence-electron chi connectivity index (χ0n) is 23.3. The molecule has 0 saturated heterocycles. The summed E-state index contributed by atoms with van der Waals surface area (Å²) in [5.41, 5.74) is -2.16. The molecule has 0 fully saturated rings. The molecule has 9 heteroatoms. The van der Waals surface area contributed by atoms with E-state index in [0.717, 1.165) is 59.0 Å². The molecule has 0 aromatic heterocycles. The summed E-state index contributed by atoms with van der Waals surface area (Å²) >= 11 is 0. The van der Waals surface area contributed by atoms with Crippen molar-refractivity contribution < 1.29 is 39.2 Å². The van der Waals surface area contributed by atoms with Gasteiger partial charge in [0.2, 0.25) is 0 Å². The largest absolute Gasteiger partial charge is 0.467 e. The summed E-state index contributed by atoms with van der Waals surface area (Å²) in [7, 11) is 1.04. The van der Waals surface area contributed by atoms with Crippen molar-refractivity contribution in [3.63, 3.8) is 0 Å². The first-order valence-electron chi connectivity index (χ1n) is 13.9. The summed E-state index contributed by atoms with van der Waals surface area (Å²) in [6.07, 6.45) is 7.28. The van der Waals surface area contributed by atoms with Crippen molar-refractivity contribution in [3.8, 4) is 0 Å². The van der Waals surface area contributed by atoms with Gasteiger partial charge in [0.25, 0.3) is 11.8 Å². The van der Waals surface area contributed by atoms with Crippen LogP contribution in [0.15, 0.2) is 36.4 Å². The number of Topliss-reactive ketones (excluding diaryl/α,β-unsaturated/α-hetero) is 1. The fraction of sp³-hybridized carbons (Fsp3) is 0.600. The van der Waals surface area contributed by atoms with E-state index < -0.39 is 41.6 Å². The molecule has 3 N–H and O–H groups in total. The lowest BCUT2D eigenvalue weighted by Gasteiger charge is -2.40. The highest BCUT2D eigenvalue weighted by Gasteiger charge is 2.58. The molecule has 1 aliphatic rings. The fourth-order valence-electron chi connectivity index (χ4n) is 4.84. The number of carbonyl (C=O) groups is 4. The van der Waals surface area contributed by atoms with E-state index in [9.17, 15) is 34.5 Å². The lowest BCUT2D eigenvalue weighted by molar-refractivity contribution is -0.166. The highest BCUT2D eigenvalue weighted by Crippen LogP contribution is 2.34. The molecule has 2 rings (SSSR count). The van der Waals surface area contributed by atoms with Crippen LogP contribution in [0.25, 0.3) is 0 Å². The van der Waals surface area contributed by atoms with E-state index in [4.69, 9.17) is 4.74 Å². The van der Waals surface area contributed by atoms with Crippen molar-refractivity contribution in [2.45, 2.75) is 108 Å². The second-order valence-electron chi connectivity index (χ2n) is 10.3. The number of imide groups is 1. The number of nitrogens with zero attached hydrogens (tertiary/aromatic N) is 1. The second-order valence-corrected chi connectivity index (χ2v) is 10.3. The van der Waals surface area contributed by atoms with Crippen molar-refractivity contribution in [1.82, 2.24) is 4.90 Å². The van der Waals surface area contributed by atoms with Crippen LogP contribution in [-0.2, 0) is 14.3 Å². The number of rotatable bonds is 18. The summed E-state index contributed by atoms with van der Waals surface area (Å²) < 4.78 is 4.79. The van der Waals surface area contributed by atoms with Crippen LogP contribution >= 0.6 is 0 Å². The van der Waals surface area contributed by atoms with Crippen molar-refractivity contribution in [3.05, 3.63) is 47.5 Å². The molecule has 4 atom stereocenters. The first kappa shape index (κ1) is 32.3. The van der Waals surface area contributed by atoms with Crippen LogP contribution in [0.1, 0.15) is 105 Å². The third kappa shape index (κ3) is 8.06. The lowest BCUT2D eigenvalue weighted by Crippen LogP contribution is -2.66. The van der Waals surface area contributed by atoms with Gasteiger partial charge in [0, 0.05) is 12.8 Å². The first-order valence-corrected chi connectivity index (χ1v) is 13.9. The maximum absolute atomic E-state index is 13.0. The van der Waals surface area contributed by atoms with Crippen molar-refractivity contribution in [2.75, 3.05) is 7.11 Å². The molecular weight excluding hydrogens is 502 g/mol. The van der Waals surface area contributed by atoms with Gasteiger partial charge in [-0.2, -0.15) is 0 Å². The van der Waals surface area contributed by atoms with E-state index in [2.05, 4.69) is 6.92 Å². The van der Waals surface area contributed by atoms with Gasteiger partial charge in [-0.3, -0.25) is 19.3 Å². The number of carbonyl (C=O) groups excluding carboxylic acids is 4. The van der Waals surface area contributed by atoms with Crippen molar-refractivity contribution >= 4 is 23.6 Å². The first-order chi connectivity index (χ1) is 18.6. The number of hydrogen-bond acceptors (Lipinski definition) is 8. The van der Waals surface area contributed by atoms with Crippen LogP contribution in [0.4, 0.5) is 0 Å². The SMILES string of the molecule is CCCCCCC(=O)CCCCCC/C=C/[C@H](O)[C@@H](O)[C@H](O)[C@@](C)(C(=O)OC)N1C(=O)c2ccccc2C1=O. The van der Waals surface area contributed by atoms with Gasteiger partial charge in [0.1, 0.15) is 24.1 Å². The van der Waals surface area contributed by atoms with Gasteiger partial charge in [-0.25, -0.2) is 4.79 Å². The molecule has 1 aromatic carbocycles. The predicted octanol–water partition coefficient (Wildman–Crippen LogP) is 3.73. The molecule has 39 heavy (non-hydrogen) atoms. The maximum atomic E-state index is 13.0. The van der Waals surface area contributed by atoms with E-state index in [1.807, 2.05) is 0 Å². The number of aliphatic hydroxyl groups is 3. The number of unbranched alkanes of at least 4 members (excludes halogenated alkanes) is 7. The van der Waals surface area contributed by atoms with Gasteiger partial charge in [-0.15, -0.1) is 0 Å². The molecule has 0 bridgehead atoms. The number of hydrogen-bond donors (Lipinski definition) is 3. The van der Waals surface area contributed by atoms with E-state index in [1.54, 1.807) is 18.2 Å². The molecule has 0 spiro atoms. The number of allylic oxidation sites excluding steroid dienone is 1. The van der Waals surface area contributed by atoms with E-state index >= 15 is 0 Å². The smallest absolute Gasteiger partial charge is 0.334 e. The van der Waals surface area contributed by atoms with Gasteiger partial charge in [0.15, 0.2) is 5.54 Å². The normalized spacial score (nSPS) is 17.1. The Bertz CT molecular complexity index is 987. The minimum absolute atomic E-state index is 0.0658. The molecule has 216 valence electrons. The van der Waals surface area contributed by atoms with Crippen molar-refractivity contribution in [1.29, 1.82) is 0 Å². The molecule has 1 aromatic rings. The molecule has 0 radical (unpaired) electrons. The van der Waals surface area contributed by atoms with Gasteiger partial charge < -0.3 is 20.1 Å². The Morgan fingerprint density at radius 3 is 2.00 bits per heavy atom. The molecule has 0 aliphatic carbocycles. The van der Waals surface area contributed by atoms with Crippen LogP contribution in [0.3, 0.4) is 0 Å². The fourth-order valence-corrected chi connectivity index (χ4v) is 4.84. The molecule has 2 amide bonds. The lowest BCUT2D eigenvalue weighted by atomic mass is 9.86. The van der Waals surface area contributed by atoms with Crippen LogP contribution in [0.5, 0.6) is 0 Å². The van der Waals surface area contributed by atoms with E-state index in [1.165, 1.54) is 24.6 Å². The minimum atomic E-state index is -2.29. The molecule has 9 nitrogen and oxygen atoms in total. The molecule has 1 heterocycles. The number of fused-ring (bicyclic) bond motifs is 1. The van der Waals surface area contributed by atoms with Crippen molar-refractivity contribution in [2.24, 2.45) is 0 Å². The summed E-state index contributed by atoms with van der Waals surface area (Å²) in [6.45, 7) is 3.27. The monoisotopic (exact) mass is 545 g/mol. The Balaban J connectivity index is 1.88. The highest BCUT2D eigenvalue weighted by molar-refractivity contribution is 6.23. The average molecular weight is 546 g/mol. The third-order valence-corrected chi connectivity index (χ3v) is 7.33. The van der Waals surface area contributed by atoms with Crippen LogP contribution < -0.4 is 0 Å². The van der Waals surface area contributed by atoms with Crippen LogP contribution in [-0.4, -0.2) is 74.7 Å². The van der Waals surface area contributed by atoms with Gasteiger partial charge in [-0.05, 0) is 44.7 Å². The van der Waals surface area contributed by atoms with Gasteiger partial charge in [-0.1, -0.05) is 63.3 Å². The number of benzene rings is 1. The standard InChI is InChI=1S/C30H43NO8/c1-4-5-6-11-16-21(32)17-12-9-7-8-10-13-20-24(33)25(34)26(35)30(2,29(38)39-3)31-27(36)22-18-14-15-19-23(22)28(31)37/h13-15,18-20,24-26,33-35H,4-12,16-17H2,1-3H3/b20-13+/t24-,25+,26-,30-/m0/s1. The second kappa shape index (κ2) is 15.6. The highest BCUT2D eigenvalue weighted by atomic mass is 16.5. The molecule has 1 aliphatic heterocycles. The van der Waals surface area contributed by atoms with Crippen LogP contribution in [0.2, 0.25) is 0 Å². The predicted molar refractivity (Wildman–Crippen MR) is 146 cm³/mol. The van der Waals surface area contributed by atoms with Gasteiger partial charge >= 0.3 is 5.97 Å². The number of methoxy groups -OCH3 is 1. The Kier molecular flexibility index (Phi) is 13.0. The van der Waals surface area contributed by atoms with Crippen LogP contribution in [0, 0.1) is 0 Å². The number of ether oxygens (including phenoxy) is 1. The van der Waals surface area contributed by atoms with E-state index in [0.29, 0.717) is 29.9 Å². The Hall–Kier alpha value is -2.88. The number of amides is 2. The summed E-state index contributed by atoms with van der Waals surface area (Å²) in [5, 5.41) is 32.2. The minimum Gasteiger partial charge on any atom is -0.467 e. The maximum Gasteiger partial charge on any atom is 0.334 e. The summed E-state index contributed by atoms with van der Waals surface area (Å²) in [6, 6.07) is 6.00. The summed E-state index contributed by atoms with van der Waals surface area (Å²) in [4.78, 5) is 51.3. The topological polar surface area (TPSA) is 141 Å². The van der Waals surface area contributed by atoms with Gasteiger partial charge in [0.05, 0.1) is 18.2 Å². The third-order valence-electron chi connectivity index (χ3n) is 7.33. The number of esters is 1. The average Bonchev–Trinajstić information content (AvgIpc) is 3.20. The Morgan fingerprint density at radius 2 is 1.46 bits per heavy atom. The zero-order chi connectivity index (χ0) is 29.0. The quantitative estimate of drug-likeness (QED) is 0.110. The molecule has 0 saturated carbocycles.